The van der Waals surface area contributed by atoms with E-state index >= 15 is 0 Å². The largest absolute Gasteiger partial charge is 0.354 e. The lowest BCUT2D eigenvalue weighted by atomic mass is 9.78. The Morgan fingerprint density at radius 1 is 1.25 bits per heavy atom. The summed E-state index contributed by atoms with van der Waals surface area (Å²) in [5, 5.41) is 2.67. The zero-order valence-electron chi connectivity index (χ0n) is 11.1. The Balaban J connectivity index is 0.00000200. The van der Waals surface area contributed by atoms with Gasteiger partial charge < -0.3 is 11.1 Å². The smallest absolute Gasteiger partial charge is 0.233 e. The van der Waals surface area contributed by atoms with Crippen LogP contribution >= 0.6 is 12.4 Å². The van der Waals surface area contributed by atoms with Crippen molar-refractivity contribution in [2.24, 2.45) is 5.73 Å². The second-order valence-electron chi connectivity index (χ2n) is 5.06. The molecule has 1 aliphatic carbocycles. The van der Waals surface area contributed by atoms with Gasteiger partial charge in [0, 0.05) is 17.5 Å². The molecule has 1 saturated carbocycles. The Bertz CT molecular complexity index is 456. The minimum Gasteiger partial charge on any atom is -0.354 e. The van der Waals surface area contributed by atoms with E-state index in [9.17, 15) is 13.6 Å². The average Bonchev–Trinajstić information content (AvgIpc) is 2.85. The highest BCUT2D eigenvalue weighted by Gasteiger charge is 2.39. The van der Waals surface area contributed by atoms with E-state index in [1.807, 2.05) is 0 Å². The van der Waals surface area contributed by atoms with Crippen LogP contribution in [-0.2, 0) is 10.2 Å². The van der Waals surface area contributed by atoms with E-state index in [4.69, 9.17) is 5.73 Å². The second-order valence-corrected chi connectivity index (χ2v) is 5.06. The number of carbonyl (C=O) groups is 1. The molecule has 0 radical (unpaired) electrons. The van der Waals surface area contributed by atoms with E-state index in [1.54, 1.807) is 0 Å². The molecule has 112 valence electrons. The van der Waals surface area contributed by atoms with Crippen LogP contribution < -0.4 is 11.1 Å². The highest BCUT2D eigenvalue weighted by atomic mass is 35.5. The molecule has 0 bridgehead atoms. The van der Waals surface area contributed by atoms with Gasteiger partial charge in [-0.2, -0.15) is 0 Å². The summed E-state index contributed by atoms with van der Waals surface area (Å²) in [4.78, 5) is 11.3. The summed E-state index contributed by atoms with van der Waals surface area (Å²) in [7, 11) is 0. The lowest BCUT2D eigenvalue weighted by Crippen LogP contribution is -2.42. The van der Waals surface area contributed by atoms with Crippen LogP contribution in [0, 0.1) is 11.6 Å². The average molecular weight is 305 g/mol. The number of halogens is 3. The maximum atomic E-state index is 14.0. The molecule has 6 heteroatoms. The van der Waals surface area contributed by atoms with Crippen LogP contribution in [0.3, 0.4) is 0 Å². The Hall–Kier alpha value is -1.20. The summed E-state index contributed by atoms with van der Waals surface area (Å²) in [5.74, 6) is -1.38. The van der Waals surface area contributed by atoms with Gasteiger partial charge in [-0.05, 0) is 25.0 Å². The van der Waals surface area contributed by atoms with Gasteiger partial charge in [0.15, 0.2) is 0 Å². The van der Waals surface area contributed by atoms with Gasteiger partial charge in [-0.3, -0.25) is 4.79 Å². The Morgan fingerprint density at radius 3 is 2.30 bits per heavy atom. The van der Waals surface area contributed by atoms with Gasteiger partial charge in [-0.25, -0.2) is 8.78 Å². The summed E-state index contributed by atoms with van der Waals surface area (Å²) in [6, 6.07) is 3.89. The maximum absolute atomic E-state index is 14.0. The van der Waals surface area contributed by atoms with Crippen molar-refractivity contribution in [2.45, 2.75) is 31.1 Å². The molecule has 1 amide bonds. The first-order chi connectivity index (χ1) is 9.09. The van der Waals surface area contributed by atoms with Gasteiger partial charge in [-0.15, -0.1) is 12.4 Å². The Kier molecular flexibility index (Phi) is 5.89. The molecule has 2 rings (SSSR count). The van der Waals surface area contributed by atoms with Gasteiger partial charge in [0.2, 0.25) is 5.91 Å². The van der Waals surface area contributed by atoms with Crippen LogP contribution in [0.5, 0.6) is 0 Å². The lowest BCUT2D eigenvalue weighted by molar-refractivity contribution is -0.120. The van der Waals surface area contributed by atoms with Crippen molar-refractivity contribution >= 4 is 18.3 Å². The number of hydrogen-bond acceptors (Lipinski definition) is 2. The summed E-state index contributed by atoms with van der Waals surface area (Å²) in [5.41, 5.74) is 4.70. The standard InChI is InChI=1S/C14H18F2N2O.ClH/c15-10-4-3-5-11(16)13(10)14(6-1-2-7-14)9-18-12(19)8-17;/h3-5H,1-2,6-9,17H2,(H,18,19);1H. The molecule has 3 nitrogen and oxygen atoms in total. The van der Waals surface area contributed by atoms with Crippen LogP contribution in [0.1, 0.15) is 31.2 Å². The zero-order valence-corrected chi connectivity index (χ0v) is 11.9. The van der Waals surface area contributed by atoms with Crippen LogP contribution in [0.15, 0.2) is 18.2 Å². The highest BCUT2D eigenvalue weighted by molar-refractivity contribution is 5.85. The van der Waals surface area contributed by atoms with Crippen LogP contribution in [0.2, 0.25) is 0 Å². The van der Waals surface area contributed by atoms with Gasteiger partial charge >= 0.3 is 0 Å². The van der Waals surface area contributed by atoms with E-state index < -0.39 is 17.0 Å². The van der Waals surface area contributed by atoms with Crippen LogP contribution in [0.4, 0.5) is 8.78 Å². The maximum Gasteiger partial charge on any atom is 0.233 e. The molecule has 1 aliphatic rings. The molecule has 0 aliphatic heterocycles. The van der Waals surface area contributed by atoms with Crippen molar-refractivity contribution < 1.29 is 13.6 Å². The first-order valence-corrected chi connectivity index (χ1v) is 6.50. The zero-order chi connectivity index (χ0) is 13.9. The van der Waals surface area contributed by atoms with Crippen molar-refractivity contribution in [1.29, 1.82) is 0 Å². The highest BCUT2D eigenvalue weighted by Crippen LogP contribution is 2.42. The molecule has 0 spiro atoms. The van der Waals surface area contributed by atoms with Crippen LogP contribution in [0.25, 0.3) is 0 Å². The van der Waals surface area contributed by atoms with E-state index in [2.05, 4.69) is 5.32 Å². The molecule has 0 heterocycles. The van der Waals surface area contributed by atoms with Crippen molar-refractivity contribution in [3.05, 3.63) is 35.4 Å². The van der Waals surface area contributed by atoms with Gasteiger partial charge in [0.1, 0.15) is 11.6 Å². The molecule has 0 saturated heterocycles. The molecule has 1 aromatic rings. The van der Waals surface area contributed by atoms with Crippen molar-refractivity contribution in [3.8, 4) is 0 Å². The minimum absolute atomic E-state index is 0. The number of benzene rings is 1. The van der Waals surface area contributed by atoms with E-state index in [0.29, 0.717) is 12.8 Å². The van der Waals surface area contributed by atoms with E-state index in [0.717, 1.165) is 12.8 Å². The molecule has 0 unspecified atom stereocenters. The van der Waals surface area contributed by atoms with E-state index in [1.165, 1.54) is 18.2 Å². The number of amides is 1. The number of nitrogens with two attached hydrogens (primary N) is 1. The Morgan fingerprint density at radius 2 is 1.80 bits per heavy atom. The van der Waals surface area contributed by atoms with Crippen LogP contribution in [-0.4, -0.2) is 19.0 Å². The van der Waals surface area contributed by atoms with Crippen molar-refractivity contribution in [1.82, 2.24) is 5.32 Å². The Labute approximate surface area is 123 Å². The first-order valence-electron chi connectivity index (χ1n) is 6.50. The third-order valence-corrected chi connectivity index (χ3v) is 3.86. The molecule has 1 fully saturated rings. The number of hydrogen-bond donors (Lipinski definition) is 2. The summed E-state index contributed by atoms with van der Waals surface area (Å²) in [6.45, 7) is 0.122. The summed E-state index contributed by atoms with van der Waals surface area (Å²) in [6.07, 6.45) is 3.17. The third kappa shape index (κ3) is 3.27. The molecular weight excluding hydrogens is 286 g/mol. The quantitative estimate of drug-likeness (QED) is 0.896. The number of rotatable bonds is 4. The first kappa shape index (κ1) is 16.9. The normalized spacial score (nSPS) is 16.6. The van der Waals surface area contributed by atoms with Gasteiger partial charge in [0.25, 0.3) is 0 Å². The van der Waals surface area contributed by atoms with Crippen molar-refractivity contribution in [2.75, 3.05) is 13.1 Å². The second kappa shape index (κ2) is 6.99. The van der Waals surface area contributed by atoms with Gasteiger partial charge in [-0.1, -0.05) is 18.9 Å². The molecule has 20 heavy (non-hydrogen) atoms. The summed E-state index contributed by atoms with van der Waals surface area (Å²) >= 11 is 0. The predicted octanol–water partition coefficient (Wildman–Crippen LogP) is 2.27. The monoisotopic (exact) mass is 304 g/mol. The fourth-order valence-electron chi connectivity index (χ4n) is 2.91. The fraction of sp³-hybridized carbons (Fsp3) is 0.500. The van der Waals surface area contributed by atoms with Gasteiger partial charge in [0.05, 0.1) is 6.54 Å². The molecular formula is C14H19ClF2N2O. The number of nitrogens with one attached hydrogen (secondary N) is 1. The molecule has 0 atom stereocenters. The minimum atomic E-state index is -0.639. The molecule has 3 N–H and O–H groups in total. The van der Waals surface area contributed by atoms with E-state index in [-0.39, 0.29) is 37.0 Å². The SMILES string of the molecule is Cl.NCC(=O)NCC1(c2c(F)cccc2F)CCCC1. The lowest BCUT2D eigenvalue weighted by Gasteiger charge is -2.30. The molecule has 1 aromatic carbocycles. The summed E-state index contributed by atoms with van der Waals surface area (Å²) < 4.78 is 28.0. The predicted molar refractivity (Wildman–Crippen MR) is 75.8 cm³/mol. The number of carbonyl (C=O) groups excluding carboxylic acids is 1. The topological polar surface area (TPSA) is 55.1 Å². The van der Waals surface area contributed by atoms with Crippen molar-refractivity contribution in [3.63, 3.8) is 0 Å². The fourth-order valence-corrected chi connectivity index (χ4v) is 2.91. The third-order valence-electron chi connectivity index (χ3n) is 3.86. The molecule has 0 aromatic heterocycles.